The number of rotatable bonds is 4. The van der Waals surface area contributed by atoms with Crippen LogP contribution < -0.4 is 0 Å². The molecule has 1 amide bonds. The third-order valence-electron chi connectivity index (χ3n) is 6.02. The lowest BCUT2D eigenvalue weighted by Gasteiger charge is -2.44. The molecule has 0 radical (unpaired) electrons. The Hall–Kier alpha value is -1.81. The van der Waals surface area contributed by atoms with E-state index in [2.05, 4.69) is 6.08 Å². The van der Waals surface area contributed by atoms with E-state index >= 15 is 0 Å². The van der Waals surface area contributed by atoms with E-state index in [-0.39, 0.29) is 12.1 Å². The molecule has 2 unspecified atom stereocenters. The second kappa shape index (κ2) is 8.26. The maximum absolute atomic E-state index is 12.7. The molecule has 1 aromatic rings. The molecular weight excluding hydrogens is 326 g/mol. The number of hydrogen-bond acceptors (Lipinski definition) is 3. The molecule has 140 valence electrons. The van der Waals surface area contributed by atoms with E-state index in [9.17, 15) is 4.79 Å². The first-order valence-corrected chi connectivity index (χ1v) is 10.1. The fourth-order valence-corrected chi connectivity index (χ4v) is 4.67. The van der Waals surface area contributed by atoms with Crippen LogP contribution in [0.3, 0.4) is 0 Å². The van der Waals surface area contributed by atoms with Crippen molar-refractivity contribution in [2.24, 2.45) is 5.92 Å². The Labute approximate surface area is 156 Å². The third-order valence-corrected chi connectivity index (χ3v) is 6.02. The van der Waals surface area contributed by atoms with Gasteiger partial charge in [0.15, 0.2) is 0 Å². The highest BCUT2D eigenvalue weighted by atomic mass is 16.6. The maximum atomic E-state index is 12.7. The van der Waals surface area contributed by atoms with Gasteiger partial charge in [0.05, 0.1) is 6.04 Å². The molecule has 1 aromatic carbocycles. The van der Waals surface area contributed by atoms with Crippen molar-refractivity contribution >= 4 is 6.09 Å². The maximum Gasteiger partial charge on any atom is 0.410 e. The molecule has 2 saturated heterocycles. The molecule has 4 nitrogen and oxygen atoms in total. The van der Waals surface area contributed by atoms with Crippen LogP contribution in [0, 0.1) is 5.92 Å². The van der Waals surface area contributed by atoms with Crippen LogP contribution in [0.2, 0.25) is 0 Å². The Morgan fingerprint density at radius 2 is 1.92 bits per heavy atom. The van der Waals surface area contributed by atoms with E-state index in [4.69, 9.17) is 9.47 Å². The number of carbonyl (C=O) groups excluding carboxylic acids is 1. The molecule has 4 heteroatoms. The van der Waals surface area contributed by atoms with E-state index in [1.807, 2.05) is 35.2 Å². The highest BCUT2D eigenvalue weighted by Crippen LogP contribution is 2.37. The highest BCUT2D eigenvalue weighted by Gasteiger charge is 2.38. The second-order valence-electron chi connectivity index (χ2n) is 7.89. The van der Waals surface area contributed by atoms with Crippen LogP contribution in [0.1, 0.15) is 50.5 Å². The minimum absolute atomic E-state index is 0.148. The van der Waals surface area contributed by atoms with Crippen LogP contribution in [0.15, 0.2) is 42.0 Å². The predicted octanol–water partition coefficient (Wildman–Crippen LogP) is 4.69. The average molecular weight is 355 g/mol. The molecule has 4 rings (SSSR count). The first kappa shape index (κ1) is 17.6. The van der Waals surface area contributed by atoms with Crippen molar-refractivity contribution in [1.82, 2.24) is 4.90 Å². The van der Waals surface area contributed by atoms with Gasteiger partial charge < -0.3 is 9.47 Å². The minimum Gasteiger partial charge on any atom is -0.445 e. The van der Waals surface area contributed by atoms with Crippen molar-refractivity contribution < 1.29 is 14.3 Å². The van der Waals surface area contributed by atoms with Gasteiger partial charge in [-0.15, -0.1) is 0 Å². The summed E-state index contributed by atoms with van der Waals surface area (Å²) in [6.07, 6.45) is 10.1. The van der Waals surface area contributed by atoms with Crippen molar-refractivity contribution in [3.05, 3.63) is 47.5 Å². The normalized spacial score (nSPS) is 26.3. The third kappa shape index (κ3) is 4.12. The number of carbonyl (C=O) groups is 1. The topological polar surface area (TPSA) is 38.8 Å². The molecule has 0 aliphatic carbocycles. The fraction of sp³-hybridized carbons (Fsp3) is 0.591. The van der Waals surface area contributed by atoms with Crippen molar-refractivity contribution in [3.8, 4) is 0 Å². The molecule has 2 bridgehead atoms. The van der Waals surface area contributed by atoms with E-state index in [0.717, 1.165) is 44.0 Å². The number of amides is 1. The molecular formula is C22H29NO3. The molecule has 3 aliphatic heterocycles. The van der Waals surface area contributed by atoms with Crippen molar-refractivity contribution in [3.63, 3.8) is 0 Å². The van der Waals surface area contributed by atoms with E-state index in [1.165, 1.54) is 25.7 Å². The molecule has 0 spiro atoms. The molecule has 3 aliphatic rings. The number of benzene rings is 1. The number of nitrogens with zero attached hydrogens (tertiary/aromatic N) is 1. The molecule has 26 heavy (non-hydrogen) atoms. The Morgan fingerprint density at radius 1 is 1.12 bits per heavy atom. The molecule has 0 aromatic heterocycles. The largest absolute Gasteiger partial charge is 0.445 e. The van der Waals surface area contributed by atoms with Gasteiger partial charge in [0.1, 0.15) is 6.61 Å². The summed E-state index contributed by atoms with van der Waals surface area (Å²) in [6.45, 7) is 2.17. The quantitative estimate of drug-likeness (QED) is 0.735. The molecule has 2 fully saturated rings. The summed E-state index contributed by atoms with van der Waals surface area (Å²) in [6, 6.07) is 10.5. The Morgan fingerprint density at radius 3 is 2.69 bits per heavy atom. The number of ether oxygens (including phenoxy) is 2. The fourth-order valence-electron chi connectivity index (χ4n) is 4.67. The van der Waals surface area contributed by atoms with Gasteiger partial charge in [-0.05, 0) is 56.4 Å². The van der Waals surface area contributed by atoms with Crippen LogP contribution in [0.25, 0.3) is 0 Å². The molecule has 2 atom stereocenters. The lowest BCUT2D eigenvalue weighted by Crippen LogP contribution is -2.52. The standard InChI is InChI=1S/C22H29NO3/c24-22(26-16-18-5-2-1-3-6-18)23-20-7-4-8-21(23)15-19(14-20)13-17-9-11-25-12-10-17/h1-3,5-6,14,17,20-21H,4,7-13,15-16H2. The van der Waals surface area contributed by atoms with Gasteiger partial charge >= 0.3 is 6.09 Å². The lowest BCUT2D eigenvalue weighted by molar-refractivity contribution is 0.0455. The van der Waals surface area contributed by atoms with Crippen LogP contribution in [0.5, 0.6) is 0 Å². The zero-order chi connectivity index (χ0) is 17.8. The van der Waals surface area contributed by atoms with Crippen molar-refractivity contribution in [2.75, 3.05) is 13.2 Å². The summed E-state index contributed by atoms with van der Waals surface area (Å²) in [4.78, 5) is 14.8. The Balaban J connectivity index is 1.38. The monoisotopic (exact) mass is 355 g/mol. The van der Waals surface area contributed by atoms with Crippen LogP contribution in [0.4, 0.5) is 4.79 Å². The summed E-state index contributed by atoms with van der Waals surface area (Å²) in [5.41, 5.74) is 2.59. The van der Waals surface area contributed by atoms with Crippen LogP contribution in [-0.4, -0.2) is 36.3 Å². The van der Waals surface area contributed by atoms with Gasteiger partial charge in [-0.1, -0.05) is 42.0 Å². The minimum atomic E-state index is -0.148. The van der Waals surface area contributed by atoms with Gasteiger partial charge in [0.25, 0.3) is 0 Å². The summed E-state index contributed by atoms with van der Waals surface area (Å²) < 4.78 is 11.1. The Kier molecular flexibility index (Phi) is 5.59. The second-order valence-corrected chi connectivity index (χ2v) is 7.89. The van der Waals surface area contributed by atoms with Gasteiger partial charge in [0, 0.05) is 19.3 Å². The smallest absolute Gasteiger partial charge is 0.410 e. The summed E-state index contributed by atoms with van der Waals surface area (Å²) >= 11 is 0. The van der Waals surface area contributed by atoms with Crippen molar-refractivity contribution in [2.45, 2.75) is 63.6 Å². The highest BCUT2D eigenvalue weighted by molar-refractivity contribution is 5.69. The zero-order valence-electron chi connectivity index (χ0n) is 15.4. The molecule has 0 N–H and O–H groups in total. The van der Waals surface area contributed by atoms with Gasteiger partial charge in [-0.25, -0.2) is 4.79 Å². The molecule has 0 saturated carbocycles. The average Bonchev–Trinajstić information content (AvgIpc) is 2.67. The van der Waals surface area contributed by atoms with Gasteiger partial charge in [-0.3, -0.25) is 4.90 Å². The van der Waals surface area contributed by atoms with Crippen LogP contribution >= 0.6 is 0 Å². The van der Waals surface area contributed by atoms with Gasteiger partial charge in [0.2, 0.25) is 0 Å². The van der Waals surface area contributed by atoms with Crippen LogP contribution in [-0.2, 0) is 16.1 Å². The predicted molar refractivity (Wildman–Crippen MR) is 101 cm³/mol. The number of fused-ring (bicyclic) bond motifs is 2. The lowest BCUT2D eigenvalue weighted by atomic mass is 9.81. The van der Waals surface area contributed by atoms with E-state index < -0.39 is 0 Å². The number of hydrogen-bond donors (Lipinski definition) is 0. The van der Waals surface area contributed by atoms with E-state index in [1.54, 1.807) is 5.57 Å². The van der Waals surface area contributed by atoms with Gasteiger partial charge in [-0.2, -0.15) is 0 Å². The van der Waals surface area contributed by atoms with Crippen molar-refractivity contribution in [1.29, 1.82) is 0 Å². The molecule has 3 heterocycles. The zero-order valence-corrected chi connectivity index (χ0v) is 15.4. The SMILES string of the molecule is O=C(OCc1ccccc1)N1C2C=C(CC3CCOCC3)CC1CCC2. The number of piperidine rings is 1. The van der Waals surface area contributed by atoms with E-state index in [0.29, 0.717) is 12.6 Å². The first-order chi connectivity index (χ1) is 12.8. The summed E-state index contributed by atoms with van der Waals surface area (Å²) in [5.74, 6) is 0.757. The first-order valence-electron chi connectivity index (χ1n) is 10.1. The Bertz CT molecular complexity index is 636. The summed E-state index contributed by atoms with van der Waals surface area (Å²) in [5, 5.41) is 0. The summed E-state index contributed by atoms with van der Waals surface area (Å²) in [7, 11) is 0.